The Morgan fingerprint density at radius 1 is 1.16 bits per heavy atom. The molecule has 1 amide bonds. The van der Waals surface area contributed by atoms with Crippen LogP contribution in [0.1, 0.15) is 22.3 Å². The van der Waals surface area contributed by atoms with Gasteiger partial charge in [-0.25, -0.2) is 0 Å². The maximum absolute atomic E-state index is 13.2. The molecule has 11 nitrogen and oxygen atoms in total. The second-order valence-electron chi connectivity index (χ2n) is 8.26. The molecule has 4 rings (SSSR count). The molecule has 1 aromatic carbocycles. The molecule has 11 heteroatoms. The predicted octanol–water partition coefficient (Wildman–Crippen LogP) is -2.65. The minimum atomic E-state index is -2.96. The third kappa shape index (κ3) is 2.43. The topological polar surface area (TPSA) is 219 Å². The molecule has 31 heavy (non-hydrogen) atoms. The Hall–Kier alpha value is -2.83. The summed E-state index contributed by atoms with van der Waals surface area (Å²) >= 11 is 0. The molecule has 7 atom stereocenters. The monoisotopic (exact) mass is 435 g/mol. The van der Waals surface area contributed by atoms with E-state index in [1.807, 2.05) is 0 Å². The van der Waals surface area contributed by atoms with Crippen LogP contribution in [0.5, 0.6) is 5.75 Å². The highest BCUT2D eigenvalue weighted by Gasteiger charge is 2.68. The lowest BCUT2D eigenvalue weighted by molar-refractivity contribution is -0.191. The van der Waals surface area contributed by atoms with Gasteiger partial charge in [-0.3, -0.25) is 14.4 Å². The van der Waals surface area contributed by atoms with Gasteiger partial charge in [-0.2, -0.15) is 0 Å². The van der Waals surface area contributed by atoms with Gasteiger partial charge in [0.1, 0.15) is 23.0 Å². The molecule has 9 N–H and O–H groups in total. The lowest BCUT2D eigenvalue weighted by atomic mass is 9.53. The number of rotatable bonds is 2. The Morgan fingerprint density at radius 2 is 1.81 bits per heavy atom. The van der Waals surface area contributed by atoms with Crippen molar-refractivity contribution in [2.45, 2.75) is 29.8 Å². The van der Waals surface area contributed by atoms with Gasteiger partial charge in [0.25, 0.3) is 0 Å². The van der Waals surface area contributed by atoms with E-state index in [2.05, 4.69) is 0 Å². The first-order valence-corrected chi connectivity index (χ1v) is 9.49. The van der Waals surface area contributed by atoms with E-state index in [1.54, 1.807) is 0 Å². The number of carbonyl (C=O) groups is 3. The number of nitrogens with two attached hydrogens (primary N) is 1. The normalized spacial score (nSPS) is 39.6. The molecule has 0 aromatic heterocycles. The fourth-order valence-electron chi connectivity index (χ4n) is 5.31. The first-order valence-electron chi connectivity index (χ1n) is 9.49. The average molecular weight is 435 g/mol. The van der Waals surface area contributed by atoms with Gasteiger partial charge >= 0.3 is 0 Å². The van der Waals surface area contributed by atoms with E-state index in [4.69, 9.17) is 5.73 Å². The third-order valence-corrected chi connectivity index (χ3v) is 6.80. The van der Waals surface area contributed by atoms with Crippen LogP contribution in [0.2, 0.25) is 0 Å². The first kappa shape index (κ1) is 21.4. The average Bonchev–Trinajstić information content (AvgIpc) is 2.70. The van der Waals surface area contributed by atoms with Crippen molar-refractivity contribution < 1.29 is 50.1 Å². The number of Topliss-reactive ketones (excluding diaryl/α,β-unsaturated/α-hetero) is 2. The molecule has 3 aliphatic rings. The molecule has 166 valence electrons. The van der Waals surface area contributed by atoms with E-state index in [0.717, 1.165) is 6.07 Å². The van der Waals surface area contributed by atoms with Gasteiger partial charge in [-0.15, -0.1) is 0 Å². The zero-order chi connectivity index (χ0) is 23.0. The van der Waals surface area contributed by atoms with Crippen molar-refractivity contribution in [3.63, 3.8) is 0 Å². The van der Waals surface area contributed by atoms with Crippen molar-refractivity contribution in [2.24, 2.45) is 23.5 Å². The number of aromatic hydroxyl groups is 1. The molecule has 0 radical (unpaired) electrons. The van der Waals surface area contributed by atoms with Crippen LogP contribution in [-0.2, 0) is 15.2 Å². The molecule has 0 bridgehead atoms. The zero-order valence-electron chi connectivity index (χ0n) is 16.0. The maximum Gasteiger partial charge on any atom is 0.230 e. The lowest BCUT2D eigenvalue weighted by Crippen LogP contribution is -2.69. The molecule has 0 aliphatic heterocycles. The zero-order valence-corrected chi connectivity index (χ0v) is 16.0. The molecule has 1 fully saturated rings. The number of benzene rings is 1. The summed E-state index contributed by atoms with van der Waals surface area (Å²) in [4.78, 5) is 37.8. The Balaban J connectivity index is 2.04. The van der Waals surface area contributed by atoms with E-state index >= 15 is 0 Å². The second kappa shape index (κ2) is 6.58. The van der Waals surface area contributed by atoms with Gasteiger partial charge in [-0.05, 0) is 12.5 Å². The van der Waals surface area contributed by atoms with Crippen molar-refractivity contribution >= 4 is 17.5 Å². The van der Waals surface area contributed by atoms with E-state index in [-0.39, 0.29) is 5.56 Å². The van der Waals surface area contributed by atoms with E-state index in [9.17, 15) is 50.1 Å². The minimum Gasteiger partial charge on any atom is -0.508 e. The molecular formula is C20H21NO10. The van der Waals surface area contributed by atoms with Crippen molar-refractivity contribution in [1.82, 2.24) is 0 Å². The number of phenolic OH excluding ortho intramolecular Hbond substituents is 1. The maximum atomic E-state index is 13.2. The van der Waals surface area contributed by atoms with Crippen LogP contribution in [0.25, 0.3) is 0 Å². The Bertz CT molecular complexity index is 1050. The number of hydrogen-bond donors (Lipinski definition) is 8. The van der Waals surface area contributed by atoms with Crippen LogP contribution in [0.4, 0.5) is 0 Å². The second-order valence-corrected chi connectivity index (χ2v) is 8.26. The van der Waals surface area contributed by atoms with Gasteiger partial charge in [0.05, 0.1) is 35.9 Å². The Kier molecular flexibility index (Phi) is 4.54. The molecule has 0 spiro atoms. The fraction of sp³-hybridized carbons (Fsp3) is 0.450. The molecule has 1 aromatic rings. The van der Waals surface area contributed by atoms with Crippen molar-refractivity contribution in [3.8, 4) is 5.75 Å². The van der Waals surface area contributed by atoms with Crippen LogP contribution in [0.3, 0.4) is 0 Å². The number of fused-ring (bicyclic) bond motifs is 3. The quantitative estimate of drug-likeness (QED) is 0.226. The summed E-state index contributed by atoms with van der Waals surface area (Å²) in [5.41, 5.74) is -1.69. The molecule has 0 heterocycles. The van der Waals surface area contributed by atoms with Gasteiger partial charge in [0.15, 0.2) is 17.2 Å². The number of primary amides is 1. The summed E-state index contributed by atoms with van der Waals surface area (Å²) in [7, 11) is 0. The highest BCUT2D eigenvalue weighted by Crippen LogP contribution is 2.56. The molecule has 3 aliphatic carbocycles. The summed E-state index contributed by atoms with van der Waals surface area (Å²) in [5, 5.41) is 74.8. The number of carbonyl (C=O) groups excluding carboxylic acids is 3. The van der Waals surface area contributed by atoms with E-state index in [1.165, 1.54) is 12.1 Å². The smallest absolute Gasteiger partial charge is 0.230 e. The molecular weight excluding hydrogens is 414 g/mol. The third-order valence-electron chi connectivity index (χ3n) is 6.80. The van der Waals surface area contributed by atoms with E-state index in [0.29, 0.717) is 0 Å². The lowest BCUT2D eigenvalue weighted by Gasteiger charge is -2.54. The Labute approximate surface area is 174 Å². The molecule has 4 unspecified atom stereocenters. The summed E-state index contributed by atoms with van der Waals surface area (Å²) < 4.78 is 0. The molecule has 1 saturated carbocycles. The SMILES string of the molecule is NC(=O)C1C(=O)[C@@]2(O)C(O)=C3C(=O)c4c(O)cccc4C(O)(CO)[C@H]3C(O)[C@H]2CC1O. The van der Waals surface area contributed by atoms with Gasteiger partial charge in [-0.1, -0.05) is 12.1 Å². The predicted molar refractivity (Wildman–Crippen MR) is 99.3 cm³/mol. The highest BCUT2D eigenvalue weighted by atomic mass is 16.4. The van der Waals surface area contributed by atoms with Crippen molar-refractivity contribution in [3.05, 3.63) is 40.7 Å². The summed E-state index contributed by atoms with van der Waals surface area (Å²) in [5.74, 6) is -10.9. The largest absolute Gasteiger partial charge is 0.508 e. The van der Waals surface area contributed by atoms with Gasteiger partial charge < -0.3 is 41.5 Å². The number of aliphatic hydroxyl groups excluding tert-OH is 4. The van der Waals surface area contributed by atoms with Crippen LogP contribution >= 0.6 is 0 Å². The summed E-state index contributed by atoms with van der Waals surface area (Å²) in [6.45, 7) is -1.05. The first-order chi connectivity index (χ1) is 14.4. The van der Waals surface area contributed by atoms with Crippen LogP contribution in [0.15, 0.2) is 29.5 Å². The highest BCUT2D eigenvalue weighted by molar-refractivity contribution is 6.16. The Morgan fingerprint density at radius 3 is 2.39 bits per heavy atom. The van der Waals surface area contributed by atoms with Crippen molar-refractivity contribution in [2.75, 3.05) is 6.61 Å². The van der Waals surface area contributed by atoms with Crippen LogP contribution in [-0.4, -0.2) is 77.6 Å². The number of ketones is 2. The van der Waals surface area contributed by atoms with Gasteiger partial charge in [0, 0.05) is 11.5 Å². The number of amides is 1. The minimum absolute atomic E-state index is 0.219. The van der Waals surface area contributed by atoms with Gasteiger partial charge in [0.2, 0.25) is 5.91 Å². The number of hydrogen-bond acceptors (Lipinski definition) is 10. The van der Waals surface area contributed by atoms with Crippen molar-refractivity contribution in [1.29, 1.82) is 0 Å². The standard InChI is InChI=1S/C20H21NO10/c21-18(29)11-9(24)4-7-14(25)13-12(17(28)20(7,31)16(11)27)15(26)10-6(19(13,30)5-22)2-1-3-8(10)23/h1-3,7,9,11,13-14,22-25,28,30-31H,4-5H2,(H2,21,29)/t7-,9?,11?,13-,14?,19?,20-/m1/s1. The summed E-state index contributed by atoms with van der Waals surface area (Å²) in [6, 6.07) is 3.66. The molecule has 0 saturated heterocycles. The van der Waals surface area contributed by atoms with Crippen LogP contribution in [0, 0.1) is 17.8 Å². The summed E-state index contributed by atoms with van der Waals surface area (Å²) in [6.07, 6.45) is -4.19. The van der Waals surface area contributed by atoms with E-state index < -0.39 is 94.3 Å². The number of aliphatic hydroxyl groups is 6. The number of phenols is 1. The fourth-order valence-corrected chi connectivity index (χ4v) is 5.31. The van der Waals surface area contributed by atoms with Crippen LogP contribution < -0.4 is 5.73 Å².